The number of nitrogens with zero attached hydrogens (tertiary/aromatic N) is 1. The Morgan fingerprint density at radius 1 is 0.790 bits per heavy atom. The number of aromatic hydroxyl groups is 4. The van der Waals surface area contributed by atoms with Gasteiger partial charge in [0.25, 0.3) is 0 Å². The van der Waals surface area contributed by atoms with Gasteiger partial charge in [-0.2, -0.15) is 0 Å². The standard InChI is InChI=1S/C27H30O16.C13H16N2.ClH.3H2O/c1-8-17(32)20(35)22(37)26(40-8)39-7-15-18(33)21(36)23(38)27(42-15)43-25-19(34)16-13(31)5-10(28)6-14(16)41-24(25)9-2-3-11(29)12(30)4-9;1-2-6-11-10(4-1)5-3-7-12(11)13-14-8-9-15-13;;;;/h2-6,8,15,17-18,20-23,26-33,35-38H,7H2,1H3;1-2,4,6,12H,3,5,7-9H2,(H,14,15);1H;3*1H2/t8-,15+,17-,18+,20+,21-,22+,23+,26+,27-;;;;;/m0...../s1. The van der Waals surface area contributed by atoms with Crippen molar-refractivity contribution < 1.29 is 90.9 Å². The van der Waals surface area contributed by atoms with Gasteiger partial charge in [-0.3, -0.25) is 9.79 Å². The fourth-order valence-corrected chi connectivity index (χ4v) is 7.53. The van der Waals surface area contributed by atoms with Gasteiger partial charge < -0.3 is 96.2 Å². The maximum Gasteiger partial charge on any atom is 0.239 e. The summed E-state index contributed by atoms with van der Waals surface area (Å²) in [6.07, 6.45) is -12.4. The highest BCUT2D eigenvalue weighted by atomic mass is 35.5. The van der Waals surface area contributed by atoms with Gasteiger partial charge in [-0.15, -0.1) is 12.4 Å². The summed E-state index contributed by atoms with van der Waals surface area (Å²) in [7, 11) is 0. The van der Waals surface area contributed by atoms with E-state index < -0.39 is 113 Å². The number of nitrogens with one attached hydrogen (secondary N) is 1. The molecule has 3 aliphatic heterocycles. The molecular weight excluding hydrogens is 848 g/mol. The Kier molecular flexibility index (Phi) is 17.8. The Morgan fingerprint density at radius 3 is 2.18 bits per heavy atom. The minimum absolute atomic E-state index is 0. The summed E-state index contributed by atoms with van der Waals surface area (Å²) in [5, 5.41) is 105. The minimum atomic E-state index is -1.97. The third kappa shape index (κ3) is 10.3. The molecular formula is C40H53ClN2O19. The van der Waals surface area contributed by atoms with Gasteiger partial charge in [0, 0.05) is 30.2 Å². The molecule has 2 saturated heterocycles. The molecule has 4 heterocycles. The number of amidine groups is 1. The van der Waals surface area contributed by atoms with E-state index in [1.807, 2.05) is 0 Å². The van der Waals surface area contributed by atoms with Gasteiger partial charge in [0.2, 0.25) is 17.5 Å². The summed E-state index contributed by atoms with van der Waals surface area (Å²) >= 11 is 0. The average Bonchev–Trinajstić information content (AvgIpc) is 3.75. The maximum atomic E-state index is 13.6. The molecule has 0 radical (unpaired) electrons. The molecule has 4 aliphatic rings. The van der Waals surface area contributed by atoms with Gasteiger partial charge in [-0.25, -0.2) is 0 Å². The van der Waals surface area contributed by atoms with E-state index in [1.165, 1.54) is 49.2 Å². The lowest BCUT2D eigenvalue weighted by molar-refractivity contribution is -0.318. The van der Waals surface area contributed by atoms with Gasteiger partial charge in [0.1, 0.15) is 71.0 Å². The van der Waals surface area contributed by atoms with Crippen LogP contribution in [-0.4, -0.2) is 154 Å². The highest BCUT2D eigenvalue weighted by molar-refractivity contribution is 5.91. The topological polar surface area (TPSA) is 388 Å². The number of ether oxygens (including phenoxy) is 4. The van der Waals surface area contributed by atoms with E-state index >= 15 is 0 Å². The molecule has 4 aromatic rings. The minimum Gasteiger partial charge on any atom is -0.508 e. The van der Waals surface area contributed by atoms with Crippen molar-refractivity contribution in [3.8, 4) is 40.1 Å². The van der Waals surface area contributed by atoms with Crippen LogP contribution in [0.15, 0.2) is 68.8 Å². The van der Waals surface area contributed by atoms with E-state index in [0.29, 0.717) is 5.92 Å². The van der Waals surface area contributed by atoms with Crippen LogP contribution in [0.5, 0.6) is 28.7 Å². The Hall–Kier alpha value is -4.85. The molecule has 1 aromatic heterocycles. The Labute approximate surface area is 359 Å². The molecule has 21 nitrogen and oxygen atoms in total. The van der Waals surface area contributed by atoms with Gasteiger partial charge >= 0.3 is 0 Å². The third-order valence-electron chi connectivity index (χ3n) is 10.7. The number of hydrogen-bond acceptors (Lipinski definition) is 18. The van der Waals surface area contributed by atoms with E-state index in [4.69, 9.17) is 23.4 Å². The number of hydrogen-bond donors (Lipinski definition) is 11. The van der Waals surface area contributed by atoms with Crippen LogP contribution >= 0.6 is 12.4 Å². The van der Waals surface area contributed by atoms with Crippen LogP contribution in [0.1, 0.15) is 36.8 Å². The predicted octanol–water partition coefficient (Wildman–Crippen LogP) is -1.63. The maximum absolute atomic E-state index is 13.6. The number of benzene rings is 3. The fourth-order valence-electron chi connectivity index (χ4n) is 7.53. The van der Waals surface area contributed by atoms with Gasteiger partial charge in [-0.05, 0) is 55.5 Å². The van der Waals surface area contributed by atoms with Crippen molar-refractivity contribution in [2.24, 2.45) is 4.99 Å². The van der Waals surface area contributed by atoms with E-state index in [0.717, 1.165) is 37.4 Å². The summed E-state index contributed by atoms with van der Waals surface area (Å²) in [6.45, 7) is 2.79. The molecule has 11 atom stereocenters. The first-order valence-corrected chi connectivity index (χ1v) is 18.8. The van der Waals surface area contributed by atoms with Crippen molar-refractivity contribution in [2.75, 3.05) is 19.7 Å². The number of phenolic OH excluding ortho intramolecular Hbond substituents is 4. The van der Waals surface area contributed by atoms with E-state index in [-0.39, 0.29) is 40.0 Å². The zero-order chi connectivity index (χ0) is 41.4. The Bertz CT molecular complexity index is 2210. The summed E-state index contributed by atoms with van der Waals surface area (Å²) in [4.78, 5) is 18.1. The van der Waals surface area contributed by atoms with Crippen molar-refractivity contribution in [2.45, 2.75) is 93.5 Å². The number of aliphatic hydroxyl groups is 6. The van der Waals surface area contributed by atoms with E-state index in [2.05, 4.69) is 34.6 Å². The first-order valence-electron chi connectivity index (χ1n) is 18.8. The number of rotatable bonds is 7. The summed E-state index contributed by atoms with van der Waals surface area (Å²) in [6, 6.07) is 14.1. The molecule has 62 heavy (non-hydrogen) atoms. The molecule has 1 aliphatic carbocycles. The fraction of sp³-hybridized carbons (Fsp3) is 0.450. The van der Waals surface area contributed by atoms with Crippen LogP contribution in [0.3, 0.4) is 0 Å². The molecule has 0 spiro atoms. The number of aliphatic imine (C=N–C) groups is 1. The van der Waals surface area contributed by atoms with Crippen LogP contribution in [0, 0.1) is 0 Å². The zero-order valence-corrected chi connectivity index (χ0v) is 33.9. The van der Waals surface area contributed by atoms with Crippen LogP contribution in [0.4, 0.5) is 0 Å². The number of aryl methyl sites for hydroxylation is 1. The lowest BCUT2D eigenvalue weighted by Gasteiger charge is -2.42. The first kappa shape index (κ1) is 51.5. The van der Waals surface area contributed by atoms with Gasteiger partial charge in [0.15, 0.2) is 23.5 Å². The van der Waals surface area contributed by atoms with Crippen molar-refractivity contribution in [1.82, 2.24) is 5.32 Å². The Balaban J connectivity index is 0.000000454. The number of halogens is 1. The van der Waals surface area contributed by atoms with Crippen molar-refractivity contribution in [3.05, 3.63) is 75.9 Å². The van der Waals surface area contributed by atoms with Crippen LogP contribution in [-0.2, 0) is 20.6 Å². The second-order valence-corrected chi connectivity index (χ2v) is 14.6. The lowest BCUT2D eigenvalue weighted by atomic mass is 9.82. The van der Waals surface area contributed by atoms with E-state index in [1.54, 1.807) is 0 Å². The molecule has 8 rings (SSSR count). The Morgan fingerprint density at radius 2 is 1.48 bits per heavy atom. The third-order valence-corrected chi connectivity index (χ3v) is 10.7. The summed E-state index contributed by atoms with van der Waals surface area (Å²) in [5.74, 6) is -1.57. The quantitative estimate of drug-likeness (QED) is 0.0928. The molecule has 2 fully saturated rings. The monoisotopic (exact) mass is 900 g/mol. The SMILES string of the molecule is C[C@@H]1O[C@@H](OC[C@H]2O[C@@H](Oc3c(-c4ccc(O)c(O)c4)oc4cc(O)cc(O)c4c3=O)[C@H](O)[C@@H](O)[C@@H]2O)[C@H](O)[C@H](O)[C@H]1O.Cl.O.O.O.c1ccc2c(c1)CCCC2C1=NCCN1. The molecule has 344 valence electrons. The predicted molar refractivity (Wildman–Crippen MR) is 221 cm³/mol. The highest BCUT2D eigenvalue weighted by Crippen LogP contribution is 2.40. The molecule has 0 amide bonds. The van der Waals surface area contributed by atoms with Crippen LogP contribution in [0.2, 0.25) is 0 Å². The van der Waals surface area contributed by atoms with Crippen molar-refractivity contribution in [1.29, 1.82) is 0 Å². The molecule has 0 bridgehead atoms. The zero-order valence-electron chi connectivity index (χ0n) is 33.1. The summed E-state index contributed by atoms with van der Waals surface area (Å²) < 4.78 is 27.8. The lowest BCUT2D eigenvalue weighted by Crippen LogP contribution is -2.61. The van der Waals surface area contributed by atoms with Gasteiger partial charge in [0.05, 0.1) is 19.3 Å². The van der Waals surface area contributed by atoms with Crippen molar-refractivity contribution >= 4 is 29.2 Å². The molecule has 1 unspecified atom stereocenters. The van der Waals surface area contributed by atoms with Crippen LogP contribution in [0.25, 0.3) is 22.3 Å². The largest absolute Gasteiger partial charge is 0.508 e. The first-order chi connectivity index (χ1) is 27.7. The second-order valence-electron chi connectivity index (χ2n) is 14.6. The molecule has 22 heteroatoms. The smallest absolute Gasteiger partial charge is 0.239 e. The van der Waals surface area contributed by atoms with Crippen LogP contribution < -0.4 is 15.5 Å². The second kappa shape index (κ2) is 21.5. The highest BCUT2D eigenvalue weighted by Gasteiger charge is 2.48. The average molecular weight is 901 g/mol. The number of aliphatic hydroxyl groups excluding tert-OH is 6. The number of fused-ring (bicyclic) bond motifs is 2. The van der Waals surface area contributed by atoms with Gasteiger partial charge in [-0.1, -0.05) is 24.3 Å². The number of phenols is 4. The van der Waals surface area contributed by atoms with E-state index in [9.17, 15) is 55.9 Å². The molecule has 0 saturated carbocycles. The summed E-state index contributed by atoms with van der Waals surface area (Å²) in [5.41, 5.74) is 1.67. The molecule has 3 aromatic carbocycles. The van der Waals surface area contributed by atoms with Crippen molar-refractivity contribution in [3.63, 3.8) is 0 Å². The normalized spacial score (nSPS) is 28.8. The molecule has 17 N–H and O–H groups in total.